The summed E-state index contributed by atoms with van der Waals surface area (Å²) in [7, 11) is 1.82. The summed E-state index contributed by atoms with van der Waals surface area (Å²) in [5.41, 5.74) is 2.67. The quantitative estimate of drug-likeness (QED) is 0.748. The van der Waals surface area contributed by atoms with Gasteiger partial charge in [0, 0.05) is 11.4 Å². The normalized spacial score (nSPS) is 11.6. The van der Waals surface area contributed by atoms with Crippen molar-refractivity contribution < 1.29 is 14.5 Å². The maximum absolute atomic E-state index is 12.0. The molecule has 0 radical (unpaired) electrons. The summed E-state index contributed by atoms with van der Waals surface area (Å²) in [6.45, 7) is 2.46. The van der Waals surface area contributed by atoms with Gasteiger partial charge in [0.05, 0.1) is 7.05 Å². The second-order valence-electron chi connectivity index (χ2n) is 5.64. The lowest BCUT2D eigenvalue weighted by atomic mass is 10.2. The molecule has 1 atom stereocenters. The highest BCUT2D eigenvalue weighted by Crippen LogP contribution is 2.07. The molecule has 2 amide bonds. The smallest absolute Gasteiger partial charge is 0.279 e. The van der Waals surface area contributed by atoms with E-state index in [2.05, 4.69) is 10.6 Å². The standard InChI is InChI=1S/C18H21N3O2/c1-14-8-10-16(11-9-14)20-18(23)13-21(2)12-17(22)19-15-6-4-3-5-7-15/h3-11H,12-13H2,1-2H3,(H,19,22)(H,20,23)/p+1. The Kier molecular flexibility index (Phi) is 5.88. The van der Waals surface area contributed by atoms with E-state index in [1.54, 1.807) is 0 Å². The number of likely N-dealkylation sites (N-methyl/N-ethyl adjacent to an activating group) is 1. The van der Waals surface area contributed by atoms with Crippen molar-refractivity contribution in [2.45, 2.75) is 6.92 Å². The van der Waals surface area contributed by atoms with Gasteiger partial charge in [0.2, 0.25) is 0 Å². The number of anilines is 2. The highest BCUT2D eigenvalue weighted by Gasteiger charge is 2.14. The fourth-order valence-corrected chi connectivity index (χ4v) is 2.18. The van der Waals surface area contributed by atoms with E-state index < -0.39 is 0 Å². The second-order valence-corrected chi connectivity index (χ2v) is 5.64. The molecule has 2 rings (SSSR count). The van der Waals surface area contributed by atoms with E-state index >= 15 is 0 Å². The van der Waals surface area contributed by atoms with Crippen molar-refractivity contribution in [1.29, 1.82) is 0 Å². The molecule has 0 saturated carbocycles. The summed E-state index contributed by atoms with van der Waals surface area (Å²) in [5.74, 6) is -0.226. The highest BCUT2D eigenvalue weighted by atomic mass is 16.2. The van der Waals surface area contributed by atoms with Crippen molar-refractivity contribution in [2.24, 2.45) is 0 Å². The van der Waals surface area contributed by atoms with Crippen LogP contribution >= 0.6 is 0 Å². The molecular formula is C18H22N3O2+. The molecule has 2 aromatic carbocycles. The Bertz CT molecular complexity index is 654. The Morgan fingerprint density at radius 2 is 1.30 bits per heavy atom. The van der Waals surface area contributed by atoms with Crippen LogP contribution in [0.25, 0.3) is 0 Å². The first-order valence-corrected chi connectivity index (χ1v) is 7.55. The summed E-state index contributed by atoms with van der Waals surface area (Å²) in [6.07, 6.45) is 0. The van der Waals surface area contributed by atoms with Crippen molar-refractivity contribution in [3.05, 3.63) is 60.2 Å². The van der Waals surface area contributed by atoms with Crippen LogP contribution in [0.3, 0.4) is 0 Å². The van der Waals surface area contributed by atoms with Gasteiger partial charge in [-0.3, -0.25) is 9.59 Å². The van der Waals surface area contributed by atoms with E-state index in [9.17, 15) is 9.59 Å². The van der Waals surface area contributed by atoms with Crippen molar-refractivity contribution in [2.75, 3.05) is 30.8 Å². The first-order valence-electron chi connectivity index (χ1n) is 7.55. The van der Waals surface area contributed by atoms with Gasteiger partial charge in [-0.15, -0.1) is 0 Å². The summed E-state index contributed by atoms with van der Waals surface area (Å²) in [6, 6.07) is 16.9. The second kappa shape index (κ2) is 8.10. The van der Waals surface area contributed by atoms with E-state index in [1.807, 2.05) is 68.6 Å². The van der Waals surface area contributed by atoms with Crippen LogP contribution in [0.1, 0.15) is 5.56 Å². The lowest BCUT2D eigenvalue weighted by molar-refractivity contribution is -0.862. The predicted molar refractivity (Wildman–Crippen MR) is 91.5 cm³/mol. The minimum atomic E-state index is -0.114. The Morgan fingerprint density at radius 1 is 0.826 bits per heavy atom. The minimum absolute atomic E-state index is 0.112. The van der Waals surface area contributed by atoms with Gasteiger partial charge in [0.25, 0.3) is 11.8 Å². The summed E-state index contributed by atoms with van der Waals surface area (Å²) in [4.78, 5) is 24.7. The fraction of sp³-hybridized carbons (Fsp3) is 0.222. The average molecular weight is 312 g/mol. The number of hydrogen-bond acceptors (Lipinski definition) is 2. The number of benzene rings is 2. The van der Waals surface area contributed by atoms with E-state index in [4.69, 9.17) is 0 Å². The molecule has 0 aromatic heterocycles. The molecule has 5 heteroatoms. The number of carbonyl (C=O) groups excluding carboxylic acids is 2. The van der Waals surface area contributed by atoms with Crippen LogP contribution in [0.15, 0.2) is 54.6 Å². The predicted octanol–water partition coefficient (Wildman–Crippen LogP) is 1.09. The highest BCUT2D eigenvalue weighted by molar-refractivity contribution is 5.93. The lowest BCUT2D eigenvalue weighted by Crippen LogP contribution is -3.11. The number of amides is 2. The molecule has 0 spiro atoms. The number of rotatable bonds is 6. The minimum Gasteiger partial charge on any atom is -0.322 e. The topological polar surface area (TPSA) is 62.6 Å². The third-order valence-electron chi connectivity index (χ3n) is 3.32. The SMILES string of the molecule is Cc1ccc(NC(=O)C[NH+](C)CC(=O)Nc2ccccc2)cc1. The number of nitrogens with one attached hydrogen (secondary N) is 3. The third-order valence-corrected chi connectivity index (χ3v) is 3.32. The number of para-hydroxylation sites is 1. The van der Waals surface area contributed by atoms with Crippen molar-refractivity contribution >= 4 is 23.2 Å². The van der Waals surface area contributed by atoms with Crippen LogP contribution in [-0.2, 0) is 9.59 Å². The molecule has 0 heterocycles. The molecule has 3 N–H and O–H groups in total. The molecular weight excluding hydrogens is 290 g/mol. The zero-order valence-electron chi connectivity index (χ0n) is 13.4. The molecule has 0 aliphatic carbocycles. The monoisotopic (exact) mass is 312 g/mol. The molecule has 5 nitrogen and oxygen atoms in total. The average Bonchev–Trinajstić information content (AvgIpc) is 2.50. The number of carbonyl (C=O) groups is 2. The summed E-state index contributed by atoms with van der Waals surface area (Å²) in [5, 5.41) is 5.64. The van der Waals surface area contributed by atoms with Gasteiger partial charge in [0.15, 0.2) is 13.1 Å². The lowest BCUT2D eigenvalue weighted by Gasteiger charge is -2.14. The van der Waals surface area contributed by atoms with Gasteiger partial charge in [-0.25, -0.2) is 0 Å². The van der Waals surface area contributed by atoms with Crippen LogP contribution in [0, 0.1) is 6.92 Å². The van der Waals surface area contributed by atoms with Crippen molar-refractivity contribution in [1.82, 2.24) is 0 Å². The van der Waals surface area contributed by atoms with E-state index in [1.165, 1.54) is 0 Å². The largest absolute Gasteiger partial charge is 0.322 e. The third kappa shape index (κ3) is 5.92. The zero-order chi connectivity index (χ0) is 16.7. The van der Waals surface area contributed by atoms with E-state index in [0.717, 1.165) is 21.8 Å². The van der Waals surface area contributed by atoms with Crippen LogP contribution in [0.2, 0.25) is 0 Å². The van der Waals surface area contributed by atoms with Crippen LogP contribution in [-0.4, -0.2) is 32.0 Å². The molecule has 0 fully saturated rings. The number of hydrogen-bond donors (Lipinski definition) is 3. The van der Waals surface area contributed by atoms with Gasteiger partial charge < -0.3 is 15.5 Å². The molecule has 120 valence electrons. The van der Waals surface area contributed by atoms with Gasteiger partial charge in [-0.05, 0) is 31.2 Å². The maximum atomic E-state index is 12.0. The van der Waals surface area contributed by atoms with E-state index in [-0.39, 0.29) is 24.9 Å². The molecule has 2 aromatic rings. The molecule has 0 bridgehead atoms. The van der Waals surface area contributed by atoms with Gasteiger partial charge in [0.1, 0.15) is 0 Å². The zero-order valence-corrected chi connectivity index (χ0v) is 13.4. The molecule has 23 heavy (non-hydrogen) atoms. The molecule has 0 saturated heterocycles. The Morgan fingerprint density at radius 3 is 1.83 bits per heavy atom. The fourth-order valence-electron chi connectivity index (χ4n) is 2.18. The number of quaternary nitrogens is 1. The molecule has 1 unspecified atom stereocenters. The molecule has 0 aliphatic heterocycles. The molecule has 0 aliphatic rings. The van der Waals surface area contributed by atoms with Gasteiger partial charge >= 0.3 is 0 Å². The maximum Gasteiger partial charge on any atom is 0.279 e. The van der Waals surface area contributed by atoms with Crippen molar-refractivity contribution in [3.63, 3.8) is 0 Å². The first kappa shape index (κ1) is 16.7. The van der Waals surface area contributed by atoms with E-state index in [0.29, 0.717) is 0 Å². The first-order chi connectivity index (χ1) is 11.0. The van der Waals surface area contributed by atoms with Crippen LogP contribution in [0.4, 0.5) is 11.4 Å². The van der Waals surface area contributed by atoms with Gasteiger partial charge in [-0.2, -0.15) is 0 Å². The van der Waals surface area contributed by atoms with Crippen LogP contribution < -0.4 is 15.5 Å². The summed E-state index contributed by atoms with van der Waals surface area (Å²) < 4.78 is 0. The Labute approximate surface area is 136 Å². The Hall–Kier alpha value is -2.66. The van der Waals surface area contributed by atoms with Crippen LogP contribution in [0.5, 0.6) is 0 Å². The van der Waals surface area contributed by atoms with Crippen molar-refractivity contribution in [3.8, 4) is 0 Å². The Balaban J connectivity index is 1.77. The van der Waals surface area contributed by atoms with Gasteiger partial charge in [-0.1, -0.05) is 35.9 Å². The summed E-state index contributed by atoms with van der Waals surface area (Å²) >= 11 is 0. The number of aryl methyl sites for hydroxylation is 1.